The van der Waals surface area contributed by atoms with Crippen LogP contribution in [0.1, 0.15) is 12.0 Å². The zero-order chi connectivity index (χ0) is 16.7. The number of nitrogens with one attached hydrogen (secondary N) is 1. The molecule has 1 unspecified atom stereocenters. The Morgan fingerprint density at radius 2 is 2.00 bits per heavy atom. The molecule has 1 aliphatic heterocycles. The van der Waals surface area contributed by atoms with Crippen LogP contribution in [0.2, 0.25) is 0 Å². The Morgan fingerprint density at radius 3 is 2.50 bits per heavy atom. The zero-order valence-electron chi connectivity index (χ0n) is 10.8. The van der Waals surface area contributed by atoms with Crippen LogP contribution in [0.15, 0.2) is 12.1 Å². The van der Waals surface area contributed by atoms with Gasteiger partial charge in [-0.3, -0.25) is 0 Å². The fourth-order valence-corrected chi connectivity index (χ4v) is 2.38. The zero-order valence-corrected chi connectivity index (χ0v) is 10.8. The highest BCUT2D eigenvalue weighted by Gasteiger charge is 2.61. The van der Waals surface area contributed by atoms with Crippen LogP contribution in [0.3, 0.4) is 0 Å². The predicted octanol–water partition coefficient (Wildman–Crippen LogP) is 2.23. The van der Waals surface area contributed by atoms with Crippen molar-refractivity contribution in [3.8, 4) is 12.5 Å². The molecule has 2 amide bonds. The summed E-state index contributed by atoms with van der Waals surface area (Å²) in [5.41, 5.74) is -5.03. The van der Waals surface area contributed by atoms with E-state index in [0.717, 1.165) is 6.07 Å². The molecular formula is C13H9F5N2O2. The number of hydrogen-bond acceptors (Lipinski definition) is 2. The maximum Gasteiger partial charge on any atom is 0.416 e. The number of alkyl halides is 3. The van der Waals surface area contributed by atoms with Crippen molar-refractivity contribution < 1.29 is 31.9 Å². The van der Waals surface area contributed by atoms with Crippen molar-refractivity contribution in [1.29, 1.82) is 0 Å². The lowest BCUT2D eigenvalue weighted by Gasteiger charge is -2.42. The van der Waals surface area contributed by atoms with Gasteiger partial charge in [0, 0.05) is 19.1 Å². The van der Waals surface area contributed by atoms with E-state index in [9.17, 15) is 26.7 Å². The first-order valence-corrected chi connectivity index (χ1v) is 5.94. The Bertz CT molecular complexity index is 668. The van der Waals surface area contributed by atoms with Gasteiger partial charge in [-0.05, 0) is 12.1 Å². The second kappa shape index (κ2) is 5.14. The molecule has 0 aromatic heterocycles. The number of benzene rings is 1. The van der Waals surface area contributed by atoms with Crippen molar-refractivity contribution in [2.45, 2.75) is 18.1 Å². The summed E-state index contributed by atoms with van der Waals surface area (Å²) in [7, 11) is 0. The molecule has 0 saturated carbocycles. The van der Waals surface area contributed by atoms with Crippen LogP contribution in [0.5, 0.6) is 0 Å². The standard InChI is InChI=1S/C13H9F5N2O2/c1-2-20-8-4-3-7(14)10(15)9(8)12(5-6-21,13(16,17)18)19-11(20)22/h1,3-4,21H,5-6H2,(H,19,22). The highest BCUT2D eigenvalue weighted by atomic mass is 19.4. The number of terminal acetylenes is 1. The Kier molecular flexibility index (Phi) is 3.74. The van der Waals surface area contributed by atoms with E-state index in [-0.39, 0.29) is 0 Å². The maximum absolute atomic E-state index is 14.1. The number of carbonyl (C=O) groups is 1. The van der Waals surface area contributed by atoms with E-state index >= 15 is 0 Å². The molecular weight excluding hydrogens is 311 g/mol. The second-order valence-corrected chi connectivity index (χ2v) is 4.53. The van der Waals surface area contributed by atoms with Crippen molar-refractivity contribution in [2.75, 3.05) is 11.5 Å². The molecule has 118 valence electrons. The Morgan fingerprint density at radius 1 is 1.36 bits per heavy atom. The summed E-state index contributed by atoms with van der Waals surface area (Å²) < 4.78 is 68.0. The van der Waals surface area contributed by atoms with Gasteiger partial charge in [0.15, 0.2) is 17.2 Å². The first kappa shape index (κ1) is 16.0. The molecule has 0 spiro atoms. The van der Waals surface area contributed by atoms with Gasteiger partial charge in [-0.2, -0.15) is 13.2 Å². The number of amides is 2. The number of urea groups is 1. The van der Waals surface area contributed by atoms with E-state index in [0.29, 0.717) is 11.0 Å². The highest BCUT2D eigenvalue weighted by Crippen LogP contribution is 2.48. The molecule has 1 aromatic rings. The largest absolute Gasteiger partial charge is 0.416 e. The van der Waals surface area contributed by atoms with Gasteiger partial charge >= 0.3 is 12.2 Å². The molecule has 1 aromatic carbocycles. The maximum atomic E-state index is 14.1. The Balaban J connectivity index is 2.87. The lowest BCUT2D eigenvalue weighted by Crippen LogP contribution is -2.63. The molecule has 2 rings (SSSR count). The molecule has 0 aliphatic carbocycles. The van der Waals surface area contributed by atoms with Gasteiger partial charge in [-0.15, -0.1) is 0 Å². The first-order chi connectivity index (χ1) is 10.2. The summed E-state index contributed by atoms with van der Waals surface area (Å²) in [6.07, 6.45) is -1.24. The first-order valence-electron chi connectivity index (χ1n) is 5.94. The summed E-state index contributed by atoms with van der Waals surface area (Å²) in [6.45, 7) is -1.02. The minimum absolute atomic E-state index is 0.402. The third-order valence-corrected chi connectivity index (χ3v) is 3.36. The Labute approximate surface area is 121 Å². The van der Waals surface area contributed by atoms with E-state index < -0.39 is 53.7 Å². The number of anilines is 1. The Hall–Kier alpha value is -2.34. The van der Waals surface area contributed by atoms with Gasteiger partial charge in [0.25, 0.3) is 0 Å². The van der Waals surface area contributed by atoms with Crippen molar-refractivity contribution in [3.05, 3.63) is 29.3 Å². The van der Waals surface area contributed by atoms with Crippen molar-refractivity contribution >= 4 is 11.7 Å². The summed E-state index contributed by atoms with van der Waals surface area (Å²) in [6, 6.07) is 1.81. The number of carbonyl (C=O) groups excluding carboxylic acids is 1. The van der Waals surface area contributed by atoms with Crippen LogP contribution in [-0.2, 0) is 5.54 Å². The van der Waals surface area contributed by atoms with Crippen molar-refractivity contribution in [3.63, 3.8) is 0 Å². The third kappa shape index (κ3) is 2.07. The minimum Gasteiger partial charge on any atom is -0.396 e. The third-order valence-electron chi connectivity index (χ3n) is 3.36. The topological polar surface area (TPSA) is 52.6 Å². The molecule has 0 radical (unpaired) electrons. The van der Waals surface area contributed by atoms with E-state index in [1.807, 2.05) is 0 Å². The molecule has 0 fully saturated rings. The number of nitrogens with zero attached hydrogens (tertiary/aromatic N) is 1. The molecule has 4 nitrogen and oxygen atoms in total. The smallest absolute Gasteiger partial charge is 0.396 e. The van der Waals surface area contributed by atoms with Gasteiger partial charge in [0.1, 0.15) is 0 Å². The number of aliphatic hydroxyl groups is 1. The quantitative estimate of drug-likeness (QED) is 0.648. The predicted molar refractivity (Wildman–Crippen MR) is 65.6 cm³/mol. The minimum atomic E-state index is -5.19. The number of hydrogen-bond donors (Lipinski definition) is 2. The fraction of sp³-hybridized carbons (Fsp3) is 0.308. The van der Waals surface area contributed by atoms with E-state index in [2.05, 4.69) is 0 Å². The van der Waals surface area contributed by atoms with Gasteiger partial charge < -0.3 is 10.4 Å². The highest BCUT2D eigenvalue weighted by molar-refractivity contribution is 5.99. The molecule has 1 aliphatic rings. The molecule has 22 heavy (non-hydrogen) atoms. The fourth-order valence-electron chi connectivity index (χ4n) is 2.38. The summed E-state index contributed by atoms with van der Waals surface area (Å²) in [5, 5.41) is 10.5. The number of halogens is 5. The van der Waals surface area contributed by atoms with Gasteiger partial charge in [-0.25, -0.2) is 18.5 Å². The number of aliphatic hydroxyl groups excluding tert-OH is 1. The number of fused-ring (bicyclic) bond motifs is 1. The van der Waals surface area contributed by atoms with Crippen LogP contribution in [0, 0.1) is 24.1 Å². The van der Waals surface area contributed by atoms with E-state index in [1.165, 1.54) is 0 Å². The summed E-state index contributed by atoms with van der Waals surface area (Å²) >= 11 is 0. The van der Waals surface area contributed by atoms with Gasteiger partial charge in [0.05, 0.1) is 11.3 Å². The molecule has 9 heteroatoms. The molecule has 0 bridgehead atoms. The van der Waals surface area contributed by atoms with Crippen molar-refractivity contribution in [1.82, 2.24) is 5.32 Å². The molecule has 2 N–H and O–H groups in total. The monoisotopic (exact) mass is 320 g/mol. The van der Waals surface area contributed by atoms with Crippen LogP contribution in [0.25, 0.3) is 0 Å². The van der Waals surface area contributed by atoms with E-state index in [1.54, 1.807) is 11.4 Å². The van der Waals surface area contributed by atoms with Crippen LogP contribution in [-0.4, -0.2) is 23.9 Å². The van der Waals surface area contributed by atoms with E-state index in [4.69, 9.17) is 11.5 Å². The number of rotatable bonds is 2. The van der Waals surface area contributed by atoms with Gasteiger partial charge in [0.2, 0.25) is 0 Å². The van der Waals surface area contributed by atoms with Crippen LogP contribution in [0.4, 0.5) is 32.4 Å². The van der Waals surface area contributed by atoms with Crippen LogP contribution < -0.4 is 10.2 Å². The molecule has 0 saturated heterocycles. The van der Waals surface area contributed by atoms with Crippen LogP contribution >= 0.6 is 0 Å². The normalized spacial score (nSPS) is 21.1. The summed E-state index contributed by atoms with van der Waals surface area (Å²) in [5.74, 6) is -3.32. The average Bonchev–Trinajstić information content (AvgIpc) is 2.41. The lowest BCUT2D eigenvalue weighted by molar-refractivity contribution is -0.203. The molecule has 1 atom stereocenters. The second-order valence-electron chi connectivity index (χ2n) is 4.53. The molecule has 1 heterocycles. The van der Waals surface area contributed by atoms with Gasteiger partial charge in [-0.1, -0.05) is 6.42 Å². The summed E-state index contributed by atoms with van der Waals surface area (Å²) in [4.78, 5) is 12.2. The average molecular weight is 320 g/mol. The SMILES string of the molecule is C#CN1C(=O)NC(CCO)(C(F)(F)F)c2c1ccc(F)c2F. The van der Waals surface area contributed by atoms with Crippen molar-refractivity contribution in [2.24, 2.45) is 0 Å². The lowest BCUT2D eigenvalue weighted by atomic mass is 9.82.